The van der Waals surface area contributed by atoms with Gasteiger partial charge in [-0.15, -0.1) is 0 Å². The molecule has 2 rings (SSSR count). The average Bonchev–Trinajstić information content (AvgIpc) is 2.41. The molecule has 0 radical (unpaired) electrons. The fourth-order valence-electron chi connectivity index (χ4n) is 2.58. The molecule has 1 unspecified atom stereocenters. The number of rotatable bonds is 1. The van der Waals surface area contributed by atoms with Gasteiger partial charge in [0.25, 0.3) is 0 Å². The molecule has 7 nitrogen and oxygen atoms in total. The Bertz CT molecular complexity index is 399. The molecule has 0 aromatic carbocycles. The number of carbonyl (C=O) groups is 2. The molecule has 0 spiro atoms. The largest absolute Gasteiger partial charge is 0.479 e. The van der Waals surface area contributed by atoms with Gasteiger partial charge in [0.2, 0.25) is 0 Å². The standard InChI is InChI=1S/C13H23N3O4/c1-13(2)9-16(5-4-14(13)3)12(19)15-6-7-20-10(8-15)11(17)18/h10H,4-9H2,1-3H3,(H,17,18). The van der Waals surface area contributed by atoms with E-state index in [1.807, 2.05) is 4.90 Å². The van der Waals surface area contributed by atoms with Gasteiger partial charge in [-0.3, -0.25) is 4.90 Å². The van der Waals surface area contributed by atoms with E-state index in [1.54, 1.807) is 4.90 Å². The van der Waals surface area contributed by atoms with Crippen LogP contribution in [0.15, 0.2) is 0 Å². The van der Waals surface area contributed by atoms with Gasteiger partial charge < -0.3 is 19.6 Å². The third-order valence-corrected chi connectivity index (χ3v) is 4.20. The molecule has 0 saturated carbocycles. The Hall–Kier alpha value is -1.34. The summed E-state index contributed by atoms with van der Waals surface area (Å²) in [7, 11) is 2.05. The summed E-state index contributed by atoms with van der Waals surface area (Å²) < 4.78 is 5.14. The highest BCUT2D eigenvalue weighted by atomic mass is 16.5. The Kier molecular flexibility index (Phi) is 4.19. The van der Waals surface area contributed by atoms with Crippen LogP contribution in [-0.4, -0.2) is 89.8 Å². The molecule has 20 heavy (non-hydrogen) atoms. The van der Waals surface area contributed by atoms with Crippen molar-refractivity contribution in [3.05, 3.63) is 0 Å². The summed E-state index contributed by atoms with van der Waals surface area (Å²) in [5, 5.41) is 8.98. The van der Waals surface area contributed by atoms with E-state index in [0.717, 1.165) is 6.54 Å². The smallest absolute Gasteiger partial charge is 0.334 e. The van der Waals surface area contributed by atoms with Crippen LogP contribution in [0.25, 0.3) is 0 Å². The third kappa shape index (κ3) is 3.04. The van der Waals surface area contributed by atoms with Gasteiger partial charge in [-0.2, -0.15) is 0 Å². The molecule has 0 bridgehead atoms. The van der Waals surface area contributed by atoms with E-state index >= 15 is 0 Å². The van der Waals surface area contributed by atoms with Crippen molar-refractivity contribution < 1.29 is 19.4 Å². The summed E-state index contributed by atoms with van der Waals surface area (Å²) in [4.78, 5) is 29.1. The molecule has 114 valence electrons. The normalized spacial score (nSPS) is 27.4. The van der Waals surface area contributed by atoms with Crippen LogP contribution in [-0.2, 0) is 9.53 Å². The van der Waals surface area contributed by atoms with Gasteiger partial charge in [-0.05, 0) is 20.9 Å². The van der Waals surface area contributed by atoms with Gasteiger partial charge in [0, 0.05) is 31.7 Å². The Morgan fingerprint density at radius 3 is 2.50 bits per heavy atom. The number of ether oxygens (including phenoxy) is 1. The predicted octanol–water partition coefficient (Wildman–Crippen LogP) is -0.0822. The lowest BCUT2D eigenvalue weighted by molar-refractivity contribution is -0.154. The monoisotopic (exact) mass is 285 g/mol. The van der Waals surface area contributed by atoms with Crippen LogP contribution in [0.3, 0.4) is 0 Å². The Morgan fingerprint density at radius 1 is 1.20 bits per heavy atom. The Labute approximate surface area is 119 Å². The lowest BCUT2D eigenvalue weighted by Gasteiger charge is -2.46. The van der Waals surface area contributed by atoms with Crippen LogP contribution in [0, 0.1) is 0 Å². The molecule has 0 aromatic rings. The molecule has 2 saturated heterocycles. The summed E-state index contributed by atoms with van der Waals surface area (Å²) >= 11 is 0. The molecular formula is C13H23N3O4. The number of likely N-dealkylation sites (N-methyl/N-ethyl adjacent to an activating group) is 1. The first-order valence-electron chi connectivity index (χ1n) is 6.91. The van der Waals surface area contributed by atoms with E-state index < -0.39 is 12.1 Å². The molecule has 2 heterocycles. The van der Waals surface area contributed by atoms with Crippen LogP contribution in [0.2, 0.25) is 0 Å². The highest BCUT2D eigenvalue weighted by molar-refractivity contribution is 5.77. The fraction of sp³-hybridized carbons (Fsp3) is 0.846. The second kappa shape index (κ2) is 5.57. The third-order valence-electron chi connectivity index (χ3n) is 4.20. The van der Waals surface area contributed by atoms with Crippen molar-refractivity contribution in [3.8, 4) is 0 Å². The van der Waals surface area contributed by atoms with Crippen LogP contribution in [0.4, 0.5) is 4.79 Å². The van der Waals surface area contributed by atoms with Crippen molar-refractivity contribution in [2.45, 2.75) is 25.5 Å². The van der Waals surface area contributed by atoms with E-state index in [0.29, 0.717) is 19.6 Å². The van der Waals surface area contributed by atoms with Gasteiger partial charge in [-0.1, -0.05) is 0 Å². The number of carboxylic acids is 1. The maximum atomic E-state index is 12.5. The highest BCUT2D eigenvalue weighted by Gasteiger charge is 2.37. The molecule has 7 heteroatoms. The summed E-state index contributed by atoms with van der Waals surface area (Å²) in [6.45, 7) is 7.21. The first-order chi connectivity index (χ1) is 9.31. The lowest BCUT2D eigenvalue weighted by atomic mass is 10.00. The average molecular weight is 285 g/mol. The number of hydrogen-bond acceptors (Lipinski definition) is 4. The van der Waals surface area contributed by atoms with Crippen LogP contribution >= 0.6 is 0 Å². The summed E-state index contributed by atoms with van der Waals surface area (Å²) in [6.07, 6.45) is -0.909. The van der Waals surface area contributed by atoms with Crippen LogP contribution in [0.1, 0.15) is 13.8 Å². The lowest BCUT2D eigenvalue weighted by Crippen LogP contribution is -2.62. The number of morpholine rings is 1. The molecular weight excluding hydrogens is 262 g/mol. The molecule has 2 fully saturated rings. The molecule has 0 aromatic heterocycles. The SMILES string of the molecule is CN1CCN(C(=O)N2CCOC(C(=O)O)C2)CC1(C)C. The number of carbonyl (C=O) groups excluding carboxylic acids is 1. The zero-order valence-electron chi connectivity index (χ0n) is 12.3. The van der Waals surface area contributed by atoms with E-state index in [9.17, 15) is 9.59 Å². The topological polar surface area (TPSA) is 73.3 Å². The summed E-state index contributed by atoms with van der Waals surface area (Å²) in [5.41, 5.74) is -0.0631. The molecule has 2 amide bonds. The summed E-state index contributed by atoms with van der Waals surface area (Å²) in [5.74, 6) is -1.01. The van der Waals surface area contributed by atoms with E-state index in [4.69, 9.17) is 9.84 Å². The van der Waals surface area contributed by atoms with E-state index in [1.165, 1.54) is 0 Å². The van der Waals surface area contributed by atoms with Crippen molar-refractivity contribution in [2.24, 2.45) is 0 Å². The van der Waals surface area contributed by atoms with Crippen molar-refractivity contribution in [2.75, 3.05) is 46.4 Å². The van der Waals surface area contributed by atoms with Gasteiger partial charge in [0.05, 0.1) is 13.2 Å². The predicted molar refractivity (Wildman–Crippen MR) is 72.6 cm³/mol. The van der Waals surface area contributed by atoms with Crippen molar-refractivity contribution in [1.82, 2.24) is 14.7 Å². The Morgan fingerprint density at radius 2 is 1.90 bits per heavy atom. The van der Waals surface area contributed by atoms with Crippen LogP contribution in [0.5, 0.6) is 0 Å². The fourth-order valence-corrected chi connectivity index (χ4v) is 2.58. The molecule has 2 aliphatic rings. The Balaban J connectivity index is 1.99. The van der Waals surface area contributed by atoms with Gasteiger partial charge in [0.1, 0.15) is 0 Å². The minimum atomic E-state index is -1.01. The first kappa shape index (κ1) is 15.1. The molecule has 2 aliphatic heterocycles. The van der Waals surface area contributed by atoms with E-state index in [-0.39, 0.29) is 24.7 Å². The van der Waals surface area contributed by atoms with E-state index in [2.05, 4.69) is 25.8 Å². The maximum Gasteiger partial charge on any atom is 0.334 e. The zero-order chi connectivity index (χ0) is 14.9. The number of aliphatic carboxylic acids is 1. The molecule has 0 aliphatic carbocycles. The quantitative estimate of drug-likeness (QED) is 0.729. The van der Waals surface area contributed by atoms with Crippen molar-refractivity contribution in [1.29, 1.82) is 0 Å². The number of nitrogens with zero attached hydrogens (tertiary/aromatic N) is 3. The van der Waals surface area contributed by atoms with Gasteiger partial charge in [0.15, 0.2) is 6.10 Å². The maximum absolute atomic E-state index is 12.5. The number of hydrogen-bond donors (Lipinski definition) is 1. The summed E-state index contributed by atoms with van der Waals surface area (Å²) in [6, 6.07) is -0.0827. The molecule has 1 N–H and O–H groups in total. The number of urea groups is 1. The van der Waals surface area contributed by atoms with Gasteiger partial charge >= 0.3 is 12.0 Å². The number of piperazine rings is 1. The van der Waals surface area contributed by atoms with Crippen molar-refractivity contribution >= 4 is 12.0 Å². The second-order valence-corrected chi connectivity index (χ2v) is 6.08. The van der Waals surface area contributed by atoms with Crippen LogP contribution < -0.4 is 0 Å². The first-order valence-corrected chi connectivity index (χ1v) is 6.91. The molecule has 1 atom stereocenters. The van der Waals surface area contributed by atoms with Crippen molar-refractivity contribution in [3.63, 3.8) is 0 Å². The number of amides is 2. The second-order valence-electron chi connectivity index (χ2n) is 6.08. The minimum absolute atomic E-state index is 0.0631. The zero-order valence-corrected chi connectivity index (χ0v) is 12.3. The highest BCUT2D eigenvalue weighted by Crippen LogP contribution is 2.20. The minimum Gasteiger partial charge on any atom is -0.479 e. The van der Waals surface area contributed by atoms with Gasteiger partial charge in [-0.25, -0.2) is 9.59 Å². The number of carboxylic acid groups (broad SMARTS) is 1.